The van der Waals surface area contributed by atoms with Gasteiger partial charge in [0.15, 0.2) is 0 Å². The first-order valence-corrected chi connectivity index (χ1v) is 9.11. The fourth-order valence-corrected chi connectivity index (χ4v) is 3.37. The van der Waals surface area contributed by atoms with E-state index < -0.39 is 17.2 Å². The molecule has 0 radical (unpaired) electrons. The predicted molar refractivity (Wildman–Crippen MR) is 110 cm³/mol. The number of carbonyl (C=O) groups excluding carboxylic acids is 1. The molecule has 28 heavy (non-hydrogen) atoms. The molecule has 3 rings (SSSR count). The molecule has 1 aromatic heterocycles. The maximum Gasteiger partial charge on any atom is 0.328 e. The Labute approximate surface area is 166 Å². The number of aromatic nitrogens is 2. The van der Waals surface area contributed by atoms with Crippen LogP contribution in [-0.4, -0.2) is 15.5 Å². The number of nitrogens with one attached hydrogen (secondary N) is 2. The van der Waals surface area contributed by atoms with Gasteiger partial charge in [0.25, 0.3) is 11.5 Å². The molecule has 0 fully saturated rings. The van der Waals surface area contributed by atoms with E-state index in [1.807, 2.05) is 32.9 Å². The molecule has 0 aliphatic heterocycles. The first-order valence-electron chi connectivity index (χ1n) is 8.73. The topological polar surface area (TPSA) is 84.0 Å². The van der Waals surface area contributed by atoms with Gasteiger partial charge in [0, 0.05) is 16.9 Å². The molecular formula is C21H20ClN3O3. The lowest BCUT2D eigenvalue weighted by Gasteiger charge is -2.13. The SMILES string of the molecule is Cc1cc(C)c(NC(=O)c2c[nH]c(=O)n(Cc3ccccc3Cl)c2=O)c(C)c1. The van der Waals surface area contributed by atoms with Gasteiger partial charge in [-0.15, -0.1) is 0 Å². The number of carbonyl (C=O) groups is 1. The molecule has 0 aliphatic carbocycles. The zero-order valence-electron chi connectivity index (χ0n) is 15.8. The van der Waals surface area contributed by atoms with Gasteiger partial charge in [0.05, 0.1) is 6.54 Å². The molecule has 144 valence electrons. The van der Waals surface area contributed by atoms with Crippen molar-refractivity contribution in [3.8, 4) is 0 Å². The van der Waals surface area contributed by atoms with Gasteiger partial charge in [-0.3, -0.25) is 14.2 Å². The van der Waals surface area contributed by atoms with E-state index in [2.05, 4.69) is 10.3 Å². The van der Waals surface area contributed by atoms with Gasteiger partial charge in [0.2, 0.25) is 0 Å². The van der Waals surface area contributed by atoms with Gasteiger partial charge < -0.3 is 10.3 Å². The Bertz CT molecular complexity index is 1150. The van der Waals surface area contributed by atoms with Crippen molar-refractivity contribution in [1.82, 2.24) is 9.55 Å². The molecule has 0 saturated carbocycles. The van der Waals surface area contributed by atoms with Crippen molar-refractivity contribution in [2.24, 2.45) is 0 Å². The molecule has 2 aromatic carbocycles. The van der Waals surface area contributed by atoms with E-state index in [4.69, 9.17) is 11.6 Å². The summed E-state index contributed by atoms with van der Waals surface area (Å²) in [6.07, 6.45) is 1.14. The molecule has 0 unspecified atom stereocenters. The van der Waals surface area contributed by atoms with Crippen molar-refractivity contribution in [3.63, 3.8) is 0 Å². The smallest absolute Gasteiger partial charge is 0.321 e. The maximum absolute atomic E-state index is 12.8. The maximum atomic E-state index is 12.8. The Hall–Kier alpha value is -3.12. The first-order chi connectivity index (χ1) is 13.3. The van der Waals surface area contributed by atoms with Crippen LogP contribution in [0.25, 0.3) is 0 Å². The molecule has 3 aromatic rings. The number of H-pyrrole nitrogens is 1. The van der Waals surface area contributed by atoms with E-state index in [1.54, 1.807) is 24.3 Å². The number of anilines is 1. The molecule has 0 aliphatic rings. The van der Waals surface area contributed by atoms with Crippen LogP contribution >= 0.6 is 11.6 Å². The molecule has 6 nitrogen and oxygen atoms in total. The number of aryl methyl sites for hydroxylation is 3. The Balaban J connectivity index is 1.98. The Morgan fingerprint density at radius 3 is 2.39 bits per heavy atom. The standard InChI is InChI=1S/C21H20ClN3O3/c1-12-8-13(2)18(14(3)9-12)24-19(26)16-10-23-21(28)25(20(16)27)11-15-6-4-5-7-17(15)22/h4-10H,11H2,1-3H3,(H,23,28)(H,24,26). The number of aromatic amines is 1. The summed E-state index contributed by atoms with van der Waals surface area (Å²) in [6.45, 7) is 5.72. The summed E-state index contributed by atoms with van der Waals surface area (Å²) >= 11 is 6.13. The van der Waals surface area contributed by atoms with Crippen LogP contribution in [0, 0.1) is 20.8 Å². The van der Waals surface area contributed by atoms with Crippen LogP contribution in [0.4, 0.5) is 5.69 Å². The highest BCUT2D eigenvalue weighted by atomic mass is 35.5. The van der Waals surface area contributed by atoms with Crippen LogP contribution in [-0.2, 0) is 6.54 Å². The van der Waals surface area contributed by atoms with Crippen LogP contribution < -0.4 is 16.6 Å². The fraction of sp³-hybridized carbons (Fsp3) is 0.190. The minimum atomic E-state index is -0.677. The molecule has 1 amide bonds. The van der Waals surface area contributed by atoms with Crippen molar-refractivity contribution in [3.05, 3.63) is 96.3 Å². The van der Waals surface area contributed by atoms with Gasteiger partial charge in [-0.25, -0.2) is 4.79 Å². The lowest BCUT2D eigenvalue weighted by Crippen LogP contribution is -2.39. The molecular weight excluding hydrogens is 378 g/mol. The van der Waals surface area contributed by atoms with Crippen molar-refractivity contribution in [1.29, 1.82) is 0 Å². The van der Waals surface area contributed by atoms with Crippen LogP contribution in [0.1, 0.15) is 32.6 Å². The third-order valence-corrected chi connectivity index (χ3v) is 4.88. The number of amides is 1. The van der Waals surface area contributed by atoms with Crippen LogP contribution in [0.3, 0.4) is 0 Å². The predicted octanol–water partition coefficient (Wildman–Crippen LogP) is 3.42. The van der Waals surface area contributed by atoms with Crippen molar-refractivity contribution < 1.29 is 4.79 Å². The molecule has 2 N–H and O–H groups in total. The monoisotopic (exact) mass is 397 g/mol. The van der Waals surface area contributed by atoms with Gasteiger partial charge in [-0.2, -0.15) is 0 Å². The quantitative estimate of drug-likeness (QED) is 0.707. The molecule has 0 spiro atoms. The Morgan fingerprint density at radius 2 is 1.75 bits per heavy atom. The minimum Gasteiger partial charge on any atom is -0.321 e. The van der Waals surface area contributed by atoms with Crippen molar-refractivity contribution >= 4 is 23.2 Å². The second kappa shape index (κ2) is 7.86. The third-order valence-electron chi connectivity index (χ3n) is 4.51. The molecule has 1 heterocycles. The lowest BCUT2D eigenvalue weighted by molar-refractivity contribution is 0.102. The molecule has 0 bridgehead atoms. The minimum absolute atomic E-state index is 0.0302. The summed E-state index contributed by atoms with van der Waals surface area (Å²) in [4.78, 5) is 40.2. The highest BCUT2D eigenvalue weighted by Gasteiger charge is 2.17. The number of halogens is 1. The molecule has 7 heteroatoms. The molecule has 0 atom stereocenters. The van der Waals surface area contributed by atoms with E-state index >= 15 is 0 Å². The number of rotatable bonds is 4. The fourth-order valence-electron chi connectivity index (χ4n) is 3.17. The summed E-state index contributed by atoms with van der Waals surface area (Å²) < 4.78 is 0.963. The lowest BCUT2D eigenvalue weighted by atomic mass is 10.0. The van der Waals surface area contributed by atoms with Gasteiger partial charge in [0.1, 0.15) is 5.56 Å². The second-order valence-corrected chi connectivity index (χ2v) is 7.13. The number of hydrogen-bond donors (Lipinski definition) is 2. The third kappa shape index (κ3) is 3.92. The Kier molecular flexibility index (Phi) is 5.51. The van der Waals surface area contributed by atoms with E-state index in [-0.39, 0.29) is 12.1 Å². The van der Waals surface area contributed by atoms with Crippen LogP contribution in [0.15, 0.2) is 52.2 Å². The first kappa shape index (κ1) is 19.6. The normalized spacial score (nSPS) is 10.7. The summed E-state index contributed by atoms with van der Waals surface area (Å²) in [5.74, 6) is -0.579. The van der Waals surface area contributed by atoms with E-state index in [0.29, 0.717) is 16.3 Å². The van der Waals surface area contributed by atoms with Crippen molar-refractivity contribution in [2.45, 2.75) is 27.3 Å². The van der Waals surface area contributed by atoms with Gasteiger partial charge in [-0.05, 0) is 43.5 Å². The largest absolute Gasteiger partial charge is 0.328 e. The number of hydrogen-bond acceptors (Lipinski definition) is 3. The number of benzene rings is 2. The summed E-state index contributed by atoms with van der Waals surface area (Å²) in [6, 6.07) is 10.8. The molecule has 0 saturated heterocycles. The second-order valence-electron chi connectivity index (χ2n) is 6.72. The summed E-state index contributed by atoms with van der Waals surface area (Å²) in [7, 11) is 0. The van der Waals surface area contributed by atoms with Crippen LogP contribution in [0.5, 0.6) is 0 Å². The summed E-state index contributed by atoms with van der Waals surface area (Å²) in [5.41, 5.74) is 2.70. The highest BCUT2D eigenvalue weighted by molar-refractivity contribution is 6.31. The summed E-state index contributed by atoms with van der Waals surface area (Å²) in [5, 5.41) is 3.22. The Morgan fingerprint density at radius 1 is 1.11 bits per heavy atom. The highest BCUT2D eigenvalue weighted by Crippen LogP contribution is 2.22. The van der Waals surface area contributed by atoms with Crippen LogP contribution in [0.2, 0.25) is 5.02 Å². The zero-order valence-corrected chi connectivity index (χ0v) is 16.6. The average Bonchev–Trinajstić information content (AvgIpc) is 2.63. The van der Waals surface area contributed by atoms with E-state index in [0.717, 1.165) is 27.5 Å². The van der Waals surface area contributed by atoms with E-state index in [1.165, 1.54) is 0 Å². The average molecular weight is 398 g/mol. The van der Waals surface area contributed by atoms with Crippen molar-refractivity contribution in [2.75, 3.05) is 5.32 Å². The van der Waals surface area contributed by atoms with E-state index in [9.17, 15) is 14.4 Å². The van der Waals surface area contributed by atoms with Gasteiger partial charge in [-0.1, -0.05) is 47.5 Å². The number of nitrogens with zero attached hydrogens (tertiary/aromatic N) is 1. The van der Waals surface area contributed by atoms with Gasteiger partial charge >= 0.3 is 5.69 Å². The zero-order chi connectivity index (χ0) is 20.4.